The van der Waals surface area contributed by atoms with Gasteiger partial charge in [0.1, 0.15) is 0 Å². The predicted octanol–water partition coefficient (Wildman–Crippen LogP) is 2.03. The fraction of sp³-hybridized carbons (Fsp3) is 0.462. The first kappa shape index (κ1) is 13.8. The minimum atomic E-state index is -0.799. The standard InChI is InChI=1S/C13H15ClN2O3/c1-7-4-11(14)10(6-15-7)12(17)16-9-3-2-8(5-9)13(18)19/h4,6,8-9H,2-3,5H2,1H3,(H,16,17)(H,18,19)/t8-,9+/m1/s1. The van der Waals surface area contributed by atoms with Crippen LogP contribution in [0.15, 0.2) is 12.3 Å². The molecule has 1 aromatic heterocycles. The van der Waals surface area contributed by atoms with Gasteiger partial charge in [-0.15, -0.1) is 0 Å². The number of aryl methyl sites for hydroxylation is 1. The van der Waals surface area contributed by atoms with Crippen LogP contribution in [0.25, 0.3) is 0 Å². The lowest BCUT2D eigenvalue weighted by Gasteiger charge is -2.13. The van der Waals surface area contributed by atoms with Crippen molar-refractivity contribution in [2.75, 3.05) is 0 Å². The molecule has 102 valence electrons. The van der Waals surface area contributed by atoms with Crippen LogP contribution >= 0.6 is 11.6 Å². The second-order valence-electron chi connectivity index (χ2n) is 4.82. The number of carboxylic acid groups (broad SMARTS) is 1. The molecule has 2 atom stereocenters. The zero-order valence-corrected chi connectivity index (χ0v) is 11.3. The number of hydrogen-bond acceptors (Lipinski definition) is 3. The van der Waals surface area contributed by atoms with Crippen LogP contribution in [0.1, 0.15) is 35.3 Å². The normalized spacial score (nSPS) is 22.2. The summed E-state index contributed by atoms with van der Waals surface area (Å²) in [6.07, 6.45) is 3.19. The number of amides is 1. The molecule has 19 heavy (non-hydrogen) atoms. The van der Waals surface area contributed by atoms with Crippen molar-refractivity contribution in [3.8, 4) is 0 Å². The Balaban J connectivity index is 2.00. The Morgan fingerprint density at radius 1 is 1.47 bits per heavy atom. The summed E-state index contributed by atoms with van der Waals surface area (Å²) in [7, 11) is 0. The Bertz CT molecular complexity index is 519. The molecule has 2 rings (SSSR count). The van der Waals surface area contributed by atoms with Crippen LogP contribution in [0.5, 0.6) is 0 Å². The molecule has 1 aromatic rings. The Morgan fingerprint density at radius 2 is 2.21 bits per heavy atom. The summed E-state index contributed by atoms with van der Waals surface area (Å²) >= 11 is 5.99. The van der Waals surface area contributed by atoms with Gasteiger partial charge < -0.3 is 10.4 Å². The van der Waals surface area contributed by atoms with Crippen molar-refractivity contribution in [3.05, 3.63) is 28.5 Å². The number of pyridine rings is 1. The maximum atomic E-state index is 12.0. The van der Waals surface area contributed by atoms with Gasteiger partial charge in [0.15, 0.2) is 0 Å². The molecule has 1 aliphatic rings. The average Bonchev–Trinajstić information content (AvgIpc) is 2.77. The molecular formula is C13H15ClN2O3. The Morgan fingerprint density at radius 3 is 2.79 bits per heavy atom. The van der Waals surface area contributed by atoms with E-state index in [1.165, 1.54) is 6.20 Å². The summed E-state index contributed by atoms with van der Waals surface area (Å²) in [6.45, 7) is 1.79. The van der Waals surface area contributed by atoms with E-state index in [2.05, 4.69) is 10.3 Å². The average molecular weight is 283 g/mol. The highest BCUT2D eigenvalue weighted by atomic mass is 35.5. The highest BCUT2D eigenvalue weighted by Crippen LogP contribution is 2.26. The topological polar surface area (TPSA) is 79.3 Å². The Hall–Kier alpha value is -1.62. The number of carbonyl (C=O) groups is 2. The lowest BCUT2D eigenvalue weighted by atomic mass is 10.1. The number of carboxylic acids is 1. The maximum Gasteiger partial charge on any atom is 0.306 e. The van der Waals surface area contributed by atoms with Gasteiger partial charge in [-0.3, -0.25) is 14.6 Å². The molecule has 0 bridgehead atoms. The second-order valence-corrected chi connectivity index (χ2v) is 5.23. The largest absolute Gasteiger partial charge is 0.481 e. The third-order valence-electron chi connectivity index (χ3n) is 3.35. The van der Waals surface area contributed by atoms with Crippen LogP contribution in [0.4, 0.5) is 0 Å². The van der Waals surface area contributed by atoms with E-state index in [-0.39, 0.29) is 17.9 Å². The monoisotopic (exact) mass is 282 g/mol. The van der Waals surface area contributed by atoms with Gasteiger partial charge in [0, 0.05) is 17.9 Å². The zero-order chi connectivity index (χ0) is 14.0. The molecule has 0 spiro atoms. The van der Waals surface area contributed by atoms with E-state index in [0.29, 0.717) is 29.8 Å². The molecule has 1 aliphatic carbocycles. The van der Waals surface area contributed by atoms with Crippen LogP contribution in [-0.4, -0.2) is 28.0 Å². The second kappa shape index (κ2) is 5.57. The van der Waals surface area contributed by atoms with Gasteiger partial charge in [0.2, 0.25) is 0 Å². The van der Waals surface area contributed by atoms with Crippen LogP contribution < -0.4 is 5.32 Å². The molecule has 0 radical (unpaired) electrons. The van der Waals surface area contributed by atoms with E-state index < -0.39 is 5.97 Å². The summed E-state index contributed by atoms with van der Waals surface area (Å²) < 4.78 is 0. The molecule has 1 saturated carbocycles. The number of nitrogens with one attached hydrogen (secondary N) is 1. The number of carbonyl (C=O) groups excluding carboxylic acids is 1. The van der Waals surface area contributed by atoms with Crippen molar-refractivity contribution in [1.82, 2.24) is 10.3 Å². The van der Waals surface area contributed by atoms with E-state index in [1.54, 1.807) is 13.0 Å². The van der Waals surface area contributed by atoms with Gasteiger partial charge in [0.05, 0.1) is 16.5 Å². The summed E-state index contributed by atoms with van der Waals surface area (Å²) in [5.41, 5.74) is 1.07. The number of aromatic nitrogens is 1. The number of hydrogen-bond donors (Lipinski definition) is 2. The summed E-state index contributed by atoms with van der Waals surface area (Å²) in [6, 6.07) is 1.52. The lowest BCUT2D eigenvalue weighted by molar-refractivity contribution is -0.141. The Kier molecular flexibility index (Phi) is 4.04. The summed E-state index contributed by atoms with van der Waals surface area (Å²) in [5, 5.41) is 12.1. The number of nitrogens with zero attached hydrogens (tertiary/aromatic N) is 1. The molecular weight excluding hydrogens is 268 g/mol. The van der Waals surface area contributed by atoms with E-state index in [0.717, 1.165) is 5.69 Å². The van der Waals surface area contributed by atoms with E-state index in [4.69, 9.17) is 16.7 Å². The maximum absolute atomic E-state index is 12.0. The fourth-order valence-corrected chi connectivity index (χ4v) is 2.59. The predicted molar refractivity (Wildman–Crippen MR) is 70.2 cm³/mol. The molecule has 2 N–H and O–H groups in total. The van der Waals surface area contributed by atoms with Gasteiger partial charge in [0.25, 0.3) is 5.91 Å². The molecule has 1 fully saturated rings. The minimum absolute atomic E-state index is 0.106. The molecule has 5 nitrogen and oxygen atoms in total. The van der Waals surface area contributed by atoms with Crippen molar-refractivity contribution < 1.29 is 14.7 Å². The van der Waals surface area contributed by atoms with Crippen molar-refractivity contribution >= 4 is 23.5 Å². The molecule has 1 amide bonds. The first-order chi connectivity index (χ1) is 8.97. The molecule has 0 aliphatic heterocycles. The molecule has 0 unspecified atom stereocenters. The van der Waals surface area contributed by atoms with Gasteiger partial charge in [-0.2, -0.15) is 0 Å². The van der Waals surface area contributed by atoms with Crippen molar-refractivity contribution in [2.45, 2.75) is 32.2 Å². The number of aliphatic carboxylic acids is 1. The zero-order valence-electron chi connectivity index (χ0n) is 10.5. The van der Waals surface area contributed by atoms with Crippen molar-refractivity contribution in [2.24, 2.45) is 5.92 Å². The van der Waals surface area contributed by atoms with E-state index in [1.807, 2.05) is 0 Å². The first-order valence-electron chi connectivity index (χ1n) is 6.13. The van der Waals surface area contributed by atoms with Crippen LogP contribution in [0.3, 0.4) is 0 Å². The quantitative estimate of drug-likeness (QED) is 0.889. The minimum Gasteiger partial charge on any atom is -0.481 e. The van der Waals surface area contributed by atoms with Crippen molar-refractivity contribution in [1.29, 1.82) is 0 Å². The first-order valence-corrected chi connectivity index (χ1v) is 6.51. The smallest absolute Gasteiger partial charge is 0.306 e. The van der Waals surface area contributed by atoms with E-state index >= 15 is 0 Å². The van der Waals surface area contributed by atoms with Gasteiger partial charge >= 0.3 is 5.97 Å². The highest BCUT2D eigenvalue weighted by molar-refractivity contribution is 6.33. The van der Waals surface area contributed by atoms with E-state index in [9.17, 15) is 9.59 Å². The Labute approximate surface area is 116 Å². The molecule has 0 saturated heterocycles. The van der Waals surface area contributed by atoms with Crippen molar-refractivity contribution in [3.63, 3.8) is 0 Å². The molecule has 1 heterocycles. The van der Waals surface area contributed by atoms with Gasteiger partial charge in [-0.05, 0) is 32.3 Å². The fourth-order valence-electron chi connectivity index (χ4n) is 2.29. The lowest BCUT2D eigenvalue weighted by Crippen LogP contribution is -2.33. The highest BCUT2D eigenvalue weighted by Gasteiger charge is 2.30. The van der Waals surface area contributed by atoms with Crippen LogP contribution in [0, 0.1) is 12.8 Å². The summed E-state index contributed by atoms with van der Waals surface area (Å²) in [5.74, 6) is -1.46. The number of halogens is 1. The van der Waals surface area contributed by atoms with Crippen LogP contribution in [0.2, 0.25) is 5.02 Å². The molecule has 6 heteroatoms. The third kappa shape index (κ3) is 3.23. The number of rotatable bonds is 3. The molecule has 0 aromatic carbocycles. The van der Waals surface area contributed by atoms with Crippen LogP contribution in [-0.2, 0) is 4.79 Å². The summed E-state index contributed by atoms with van der Waals surface area (Å²) in [4.78, 5) is 26.9. The SMILES string of the molecule is Cc1cc(Cl)c(C(=O)N[C@H]2CC[C@@H](C(=O)O)C2)cn1. The van der Waals surface area contributed by atoms with Gasteiger partial charge in [-0.1, -0.05) is 11.6 Å². The van der Waals surface area contributed by atoms with Gasteiger partial charge in [-0.25, -0.2) is 0 Å². The third-order valence-corrected chi connectivity index (χ3v) is 3.66.